The summed E-state index contributed by atoms with van der Waals surface area (Å²) in [6.07, 6.45) is -1.28. The molecule has 1 amide bonds. The number of ether oxygens (including phenoxy) is 1. The SMILES string of the molecule is Cc1nc(C(F)(F)F)ccc1C(=O)OCCN1CCCCCC1=O. The highest BCUT2D eigenvalue weighted by atomic mass is 19.4. The van der Waals surface area contributed by atoms with Crippen molar-refractivity contribution in [3.8, 4) is 0 Å². The fourth-order valence-corrected chi connectivity index (χ4v) is 2.54. The quantitative estimate of drug-likeness (QED) is 0.788. The van der Waals surface area contributed by atoms with Crippen molar-refractivity contribution in [2.24, 2.45) is 0 Å². The van der Waals surface area contributed by atoms with Crippen molar-refractivity contribution in [1.82, 2.24) is 9.88 Å². The van der Waals surface area contributed by atoms with E-state index in [2.05, 4.69) is 4.98 Å². The third-order valence-corrected chi connectivity index (χ3v) is 3.86. The van der Waals surface area contributed by atoms with E-state index in [1.165, 1.54) is 6.92 Å². The van der Waals surface area contributed by atoms with Crippen LogP contribution in [0.3, 0.4) is 0 Å². The molecule has 2 heterocycles. The van der Waals surface area contributed by atoms with Crippen molar-refractivity contribution in [3.05, 3.63) is 29.1 Å². The van der Waals surface area contributed by atoms with Gasteiger partial charge < -0.3 is 9.64 Å². The van der Waals surface area contributed by atoms with Crippen LogP contribution in [-0.2, 0) is 15.7 Å². The Morgan fingerprint density at radius 3 is 2.71 bits per heavy atom. The Morgan fingerprint density at radius 1 is 1.29 bits per heavy atom. The second-order valence-corrected chi connectivity index (χ2v) is 5.65. The van der Waals surface area contributed by atoms with Crippen LogP contribution in [0.25, 0.3) is 0 Å². The summed E-state index contributed by atoms with van der Waals surface area (Å²) in [4.78, 5) is 28.8. The molecular formula is C16H19F3N2O3. The largest absolute Gasteiger partial charge is 0.460 e. The molecule has 8 heteroatoms. The lowest BCUT2D eigenvalue weighted by Crippen LogP contribution is -2.33. The number of alkyl halides is 3. The van der Waals surface area contributed by atoms with Gasteiger partial charge in [0.25, 0.3) is 0 Å². The van der Waals surface area contributed by atoms with E-state index in [1.54, 1.807) is 4.90 Å². The van der Waals surface area contributed by atoms with Gasteiger partial charge in [-0.25, -0.2) is 9.78 Å². The third-order valence-electron chi connectivity index (χ3n) is 3.86. The van der Waals surface area contributed by atoms with Gasteiger partial charge in [-0.05, 0) is 31.9 Å². The van der Waals surface area contributed by atoms with Gasteiger partial charge in [0.05, 0.1) is 17.8 Å². The van der Waals surface area contributed by atoms with Crippen LogP contribution in [0.15, 0.2) is 12.1 Å². The number of pyridine rings is 1. The molecule has 1 fully saturated rings. The van der Waals surface area contributed by atoms with E-state index in [0.29, 0.717) is 13.0 Å². The molecule has 2 rings (SSSR count). The molecule has 0 aliphatic carbocycles. The summed E-state index contributed by atoms with van der Waals surface area (Å²) in [5.74, 6) is -0.702. The van der Waals surface area contributed by atoms with Gasteiger partial charge in [-0.1, -0.05) is 6.42 Å². The lowest BCUT2D eigenvalue weighted by atomic mass is 10.2. The van der Waals surface area contributed by atoms with Crippen LogP contribution in [0.5, 0.6) is 0 Å². The van der Waals surface area contributed by atoms with Gasteiger partial charge in [-0.15, -0.1) is 0 Å². The standard InChI is InChI=1S/C16H19F3N2O3/c1-11-12(6-7-13(20-11)16(17,18)19)15(23)24-10-9-21-8-4-2-3-5-14(21)22/h6-7H,2-5,8-10H2,1H3. The van der Waals surface area contributed by atoms with Gasteiger partial charge in [0, 0.05) is 13.0 Å². The Balaban J connectivity index is 1.91. The fourth-order valence-electron chi connectivity index (χ4n) is 2.54. The Kier molecular flexibility index (Phi) is 5.80. The number of amides is 1. The van der Waals surface area contributed by atoms with Crippen molar-refractivity contribution >= 4 is 11.9 Å². The Bertz CT molecular complexity index is 617. The molecular weight excluding hydrogens is 325 g/mol. The third kappa shape index (κ3) is 4.69. The second-order valence-electron chi connectivity index (χ2n) is 5.65. The number of esters is 1. The monoisotopic (exact) mass is 344 g/mol. The summed E-state index contributed by atoms with van der Waals surface area (Å²) in [6.45, 7) is 2.25. The van der Waals surface area contributed by atoms with Crippen molar-refractivity contribution < 1.29 is 27.5 Å². The van der Waals surface area contributed by atoms with Crippen molar-refractivity contribution in [1.29, 1.82) is 0 Å². The van der Waals surface area contributed by atoms with Crippen LogP contribution in [-0.4, -0.2) is 41.5 Å². The zero-order valence-electron chi connectivity index (χ0n) is 13.4. The lowest BCUT2D eigenvalue weighted by molar-refractivity contribution is -0.141. The maximum Gasteiger partial charge on any atom is 0.433 e. The van der Waals surface area contributed by atoms with Gasteiger partial charge in [0.2, 0.25) is 5.91 Å². The average molecular weight is 344 g/mol. The summed E-state index contributed by atoms with van der Waals surface area (Å²) in [5, 5.41) is 0. The first-order chi connectivity index (χ1) is 11.3. The number of carbonyl (C=O) groups is 2. The van der Waals surface area contributed by atoms with Gasteiger partial charge in [0.15, 0.2) is 0 Å². The number of carbonyl (C=O) groups excluding carboxylic acids is 2. The summed E-state index contributed by atoms with van der Waals surface area (Å²) in [6, 6.07) is 1.81. The number of aromatic nitrogens is 1. The number of halogens is 3. The predicted molar refractivity (Wildman–Crippen MR) is 79.3 cm³/mol. The number of nitrogens with zero attached hydrogens (tertiary/aromatic N) is 2. The van der Waals surface area contributed by atoms with E-state index < -0.39 is 17.8 Å². The number of hydrogen-bond donors (Lipinski definition) is 0. The maximum absolute atomic E-state index is 12.6. The van der Waals surface area contributed by atoms with Crippen LogP contribution in [0.2, 0.25) is 0 Å². The van der Waals surface area contributed by atoms with Gasteiger partial charge in [-0.3, -0.25) is 4.79 Å². The van der Waals surface area contributed by atoms with Crippen LogP contribution >= 0.6 is 0 Å². The topological polar surface area (TPSA) is 59.5 Å². The van der Waals surface area contributed by atoms with Gasteiger partial charge >= 0.3 is 12.1 Å². The van der Waals surface area contributed by atoms with Gasteiger partial charge in [0.1, 0.15) is 12.3 Å². The predicted octanol–water partition coefficient (Wildman–Crippen LogP) is 2.97. The molecule has 5 nitrogen and oxygen atoms in total. The van der Waals surface area contributed by atoms with E-state index in [9.17, 15) is 22.8 Å². The molecule has 0 atom stereocenters. The fraction of sp³-hybridized carbons (Fsp3) is 0.562. The number of likely N-dealkylation sites (tertiary alicyclic amines) is 1. The Labute approximate surface area is 137 Å². The second kappa shape index (κ2) is 7.63. The summed E-state index contributed by atoms with van der Waals surface area (Å²) in [5.41, 5.74) is -1.10. The van der Waals surface area contributed by atoms with Crippen molar-refractivity contribution in [2.75, 3.05) is 19.7 Å². The molecule has 0 radical (unpaired) electrons. The highest BCUT2D eigenvalue weighted by Gasteiger charge is 2.33. The summed E-state index contributed by atoms with van der Waals surface area (Å²) in [7, 11) is 0. The Hall–Kier alpha value is -2.12. The molecule has 0 aromatic carbocycles. The zero-order chi connectivity index (χ0) is 17.7. The average Bonchev–Trinajstić information content (AvgIpc) is 2.71. The van der Waals surface area contributed by atoms with Crippen LogP contribution in [0.1, 0.15) is 47.4 Å². The van der Waals surface area contributed by atoms with E-state index in [0.717, 1.165) is 31.4 Å². The number of aryl methyl sites for hydroxylation is 1. The van der Waals surface area contributed by atoms with Crippen LogP contribution < -0.4 is 0 Å². The van der Waals surface area contributed by atoms with Crippen LogP contribution in [0, 0.1) is 6.92 Å². The van der Waals surface area contributed by atoms with E-state index in [4.69, 9.17) is 4.74 Å². The molecule has 0 N–H and O–H groups in total. The first-order valence-electron chi connectivity index (χ1n) is 7.79. The minimum atomic E-state index is -4.56. The highest BCUT2D eigenvalue weighted by molar-refractivity contribution is 5.90. The molecule has 0 bridgehead atoms. The first kappa shape index (κ1) is 18.2. The van der Waals surface area contributed by atoms with Crippen LogP contribution in [0.4, 0.5) is 13.2 Å². The lowest BCUT2D eigenvalue weighted by Gasteiger charge is -2.20. The highest BCUT2D eigenvalue weighted by Crippen LogP contribution is 2.28. The van der Waals surface area contributed by atoms with Crippen molar-refractivity contribution in [2.45, 2.75) is 38.8 Å². The molecule has 1 aliphatic rings. The summed E-state index contributed by atoms with van der Waals surface area (Å²) >= 11 is 0. The minimum Gasteiger partial charge on any atom is -0.460 e. The smallest absolute Gasteiger partial charge is 0.433 e. The molecule has 24 heavy (non-hydrogen) atoms. The summed E-state index contributed by atoms with van der Waals surface area (Å²) < 4.78 is 42.8. The molecule has 132 valence electrons. The molecule has 1 saturated heterocycles. The molecule has 1 aromatic heterocycles. The number of hydrogen-bond acceptors (Lipinski definition) is 4. The zero-order valence-corrected chi connectivity index (χ0v) is 13.4. The van der Waals surface area contributed by atoms with Gasteiger partial charge in [-0.2, -0.15) is 13.2 Å². The maximum atomic E-state index is 12.6. The molecule has 1 aliphatic heterocycles. The minimum absolute atomic E-state index is 0.00500. The van der Waals surface area contributed by atoms with E-state index in [-0.39, 0.29) is 30.3 Å². The number of rotatable bonds is 4. The van der Waals surface area contributed by atoms with E-state index in [1.807, 2.05) is 0 Å². The first-order valence-corrected chi connectivity index (χ1v) is 7.79. The Morgan fingerprint density at radius 2 is 2.04 bits per heavy atom. The van der Waals surface area contributed by atoms with E-state index >= 15 is 0 Å². The normalized spacial score (nSPS) is 16.0. The molecule has 0 unspecified atom stereocenters. The molecule has 1 aromatic rings. The molecule has 0 spiro atoms. The molecule has 0 saturated carbocycles. The van der Waals surface area contributed by atoms with Crippen molar-refractivity contribution in [3.63, 3.8) is 0 Å².